The van der Waals surface area contributed by atoms with Gasteiger partial charge in [0.25, 0.3) is 5.82 Å². The highest BCUT2D eigenvalue weighted by Crippen LogP contribution is 2.21. The Kier molecular flexibility index (Phi) is 2.59. The predicted molar refractivity (Wildman–Crippen MR) is 61.5 cm³/mol. The molecule has 18 heavy (non-hydrogen) atoms. The van der Waals surface area contributed by atoms with Gasteiger partial charge in [0.2, 0.25) is 11.7 Å². The van der Waals surface area contributed by atoms with Crippen LogP contribution in [-0.4, -0.2) is 24.9 Å². The van der Waals surface area contributed by atoms with Gasteiger partial charge in [0.05, 0.1) is 4.88 Å². The van der Waals surface area contributed by atoms with Gasteiger partial charge >= 0.3 is 0 Å². The van der Waals surface area contributed by atoms with Crippen molar-refractivity contribution in [3.05, 3.63) is 35.6 Å². The summed E-state index contributed by atoms with van der Waals surface area (Å²) in [6.45, 7) is 0.299. The predicted octanol–water partition coefficient (Wildman–Crippen LogP) is 1.31. The third kappa shape index (κ3) is 1.99. The lowest BCUT2D eigenvalue weighted by Gasteiger charge is -1.91. The Morgan fingerprint density at radius 2 is 2.44 bits per heavy atom. The van der Waals surface area contributed by atoms with Gasteiger partial charge in [-0.25, -0.2) is 9.67 Å². The van der Waals surface area contributed by atoms with Gasteiger partial charge in [-0.1, -0.05) is 11.2 Å². The highest BCUT2D eigenvalue weighted by atomic mass is 32.1. The van der Waals surface area contributed by atoms with Crippen LogP contribution in [0.5, 0.6) is 0 Å². The highest BCUT2D eigenvalue weighted by molar-refractivity contribution is 7.13. The molecule has 0 aliphatic carbocycles. The van der Waals surface area contributed by atoms with Gasteiger partial charge in [-0.15, -0.1) is 16.4 Å². The molecule has 0 aromatic carbocycles. The van der Waals surface area contributed by atoms with Crippen molar-refractivity contribution >= 4 is 11.3 Å². The summed E-state index contributed by atoms with van der Waals surface area (Å²) in [4.78, 5) is 8.98. The Morgan fingerprint density at radius 1 is 1.50 bits per heavy atom. The zero-order chi connectivity index (χ0) is 12.4. The van der Waals surface area contributed by atoms with Crippen molar-refractivity contribution in [1.82, 2.24) is 24.9 Å². The molecule has 0 aliphatic rings. The minimum absolute atomic E-state index is 0.119. The summed E-state index contributed by atoms with van der Waals surface area (Å²) in [6, 6.07) is 5.70. The average Bonchev–Trinajstić information content (AvgIpc) is 3.10. The normalized spacial score (nSPS) is 10.4. The molecule has 0 saturated carbocycles. The van der Waals surface area contributed by atoms with Crippen LogP contribution >= 0.6 is 11.3 Å². The molecule has 0 radical (unpaired) electrons. The average molecular weight is 258 g/mol. The second-order valence-electron chi connectivity index (χ2n) is 3.37. The van der Waals surface area contributed by atoms with Crippen LogP contribution in [0, 0.1) is 11.3 Å². The zero-order valence-electron chi connectivity index (χ0n) is 9.02. The molecule has 3 heterocycles. The molecule has 0 saturated heterocycles. The van der Waals surface area contributed by atoms with E-state index in [0.717, 1.165) is 4.88 Å². The van der Waals surface area contributed by atoms with Crippen molar-refractivity contribution in [1.29, 1.82) is 5.26 Å². The smallest absolute Gasteiger partial charge is 0.252 e. The molecule has 3 aromatic rings. The van der Waals surface area contributed by atoms with Gasteiger partial charge in [0.1, 0.15) is 18.9 Å². The van der Waals surface area contributed by atoms with E-state index in [9.17, 15) is 0 Å². The molecular formula is C10H6N6OS. The lowest BCUT2D eigenvalue weighted by atomic mass is 10.4. The van der Waals surface area contributed by atoms with E-state index in [4.69, 9.17) is 9.78 Å². The maximum atomic E-state index is 8.61. The quantitative estimate of drug-likeness (QED) is 0.703. The summed E-state index contributed by atoms with van der Waals surface area (Å²) < 4.78 is 6.59. The Bertz CT molecular complexity index is 692. The van der Waals surface area contributed by atoms with Crippen LogP contribution in [0.4, 0.5) is 0 Å². The van der Waals surface area contributed by atoms with Crippen LogP contribution in [0.3, 0.4) is 0 Å². The topological polar surface area (TPSA) is 93.4 Å². The van der Waals surface area contributed by atoms with E-state index in [2.05, 4.69) is 20.2 Å². The minimum Gasteiger partial charge on any atom is -0.337 e. The minimum atomic E-state index is 0.119. The van der Waals surface area contributed by atoms with Gasteiger partial charge in [0.15, 0.2) is 0 Å². The molecule has 0 bridgehead atoms. The van der Waals surface area contributed by atoms with Gasteiger partial charge in [-0.3, -0.25) is 0 Å². The first kappa shape index (κ1) is 10.6. The van der Waals surface area contributed by atoms with E-state index < -0.39 is 0 Å². The standard InChI is InChI=1S/C10H6N6OS/c11-4-8-12-6-16(14-8)5-9-13-10(15-17-9)7-2-1-3-18-7/h1-3,6H,5H2. The molecule has 3 rings (SSSR count). The fourth-order valence-electron chi connectivity index (χ4n) is 1.39. The maximum Gasteiger partial charge on any atom is 0.252 e. The molecule has 0 atom stereocenters. The summed E-state index contributed by atoms with van der Waals surface area (Å²) in [7, 11) is 0. The van der Waals surface area contributed by atoms with Crippen LogP contribution in [0.25, 0.3) is 10.7 Å². The molecule has 8 heteroatoms. The third-order valence-corrected chi connectivity index (χ3v) is 3.01. The first-order valence-electron chi connectivity index (χ1n) is 5.01. The van der Waals surface area contributed by atoms with Crippen molar-refractivity contribution in [3.8, 4) is 16.8 Å². The van der Waals surface area contributed by atoms with Crippen LogP contribution < -0.4 is 0 Å². The Labute approximate surface area is 105 Å². The zero-order valence-corrected chi connectivity index (χ0v) is 9.83. The van der Waals surface area contributed by atoms with Crippen LogP contribution in [0.15, 0.2) is 28.4 Å². The SMILES string of the molecule is N#Cc1ncn(Cc2nc(-c3cccs3)no2)n1. The number of nitriles is 1. The Morgan fingerprint density at radius 3 is 3.17 bits per heavy atom. The van der Waals surface area contributed by atoms with Crippen molar-refractivity contribution < 1.29 is 4.52 Å². The Hall–Kier alpha value is -2.53. The van der Waals surface area contributed by atoms with Crippen molar-refractivity contribution in [3.63, 3.8) is 0 Å². The molecule has 7 nitrogen and oxygen atoms in total. The molecule has 0 unspecified atom stereocenters. The van der Waals surface area contributed by atoms with E-state index in [0.29, 0.717) is 18.3 Å². The van der Waals surface area contributed by atoms with Crippen LogP contribution in [0.2, 0.25) is 0 Å². The van der Waals surface area contributed by atoms with E-state index in [1.807, 2.05) is 23.6 Å². The van der Waals surface area contributed by atoms with Gasteiger partial charge in [0, 0.05) is 0 Å². The molecule has 88 valence electrons. The van der Waals surface area contributed by atoms with Crippen LogP contribution in [0.1, 0.15) is 11.7 Å². The number of hydrogen-bond acceptors (Lipinski definition) is 7. The van der Waals surface area contributed by atoms with Crippen molar-refractivity contribution in [2.24, 2.45) is 0 Å². The monoisotopic (exact) mass is 258 g/mol. The molecular weight excluding hydrogens is 252 g/mol. The second-order valence-corrected chi connectivity index (χ2v) is 4.31. The van der Waals surface area contributed by atoms with Crippen molar-refractivity contribution in [2.45, 2.75) is 6.54 Å². The number of rotatable bonds is 3. The van der Waals surface area contributed by atoms with Crippen LogP contribution in [-0.2, 0) is 6.54 Å². The third-order valence-electron chi connectivity index (χ3n) is 2.14. The number of thiophene rings is 1. The first-order chi connectivity index (χ1) is 8.85. The summed E-state index contributed by atoms with van der Waals surface area (Å²) in [5, 5.41) is 18.3. The lowest BCUT2D eigenvalue weighted by Crippen LogP contribution is -2.00. The van der Waals surface area contributed by atoms with Gasteiger partial charge in [-0.2, -0.15) is 10.2 Å². The fourth-order valence-corrected chi connectivity index (χ4v) is 2.03. The molecule has 0 N–H and O–H groups in total. The second kappa shape index (κ2) is 4.38. The first-order valence-corrected chi connectivity index (χ1v) is 5.89. The molecule has 0 amide bonds. The summed E-state index contributed by atoms with van der Waals surface area (Å²) in [5.41, 5.74) is 0. The maximum absolute atomic E-state index is 8.61. The van der Waals surface area contributed by atoms with Gasteiger partial charge < -0.3 is 4.52 Å². The summed E-state index contributed by atoms with van der Waals surface area (Å²) >= 11 is 1.54. The number of nitrogens with zero attached hydrogens (tertiary/aromatic N) is 6. The fraction of sp³-hybridized carbons (Fsp3) is 0.100. The number of hydrogen-bond donors (Lipinski definition) is 0. The largest absolute Gasteiger partial charge is 0.337 e. The molecule has 0 aliphatic heterocycles. The van der Waals surface area contributed by atoms with E-state index in [-0.39, 0.29) is 5.82 Å². The highest BCUT2D eigenvalue weighted by Gasteiger charge is 2.10. The molecule has 0 fully saturated rings. The Balaban J connectivity index is 1.80. The van der Waals surface area contributed by atoms with Gasteiger partial charge in [-0.05, 0) is 11.4 Å². The van der Waals surface area contributed by atoms with E-state index in [1.165, 1.54) is 11.0 Å². The van der Waals surface area contributed by atoms with E-state index >= 15 is 0 Å². The van der Waals surface area contributed by atoms with Crippen molar-refractivity contribution in [2.75, 3.05) is 0 Å². The summed E-state index contributed by atoms with van der Waals surface area (Å²) in [6.07, 6.45) is 1.45. The summed E-state index contributed by atoms with van der Waals surface area (Å²) in [5.74, 6) is 1.10. The molecule has 3 aromatic heterocycles. The lowest BCUT2D eigenvalue weighted by molar-refractivity contribution is 0.366. The molecule has 0 spiro atoms. The van der Waals surface area contributed by atoms with E-state index in [1.54, 1.807) is 11.3 Å². The number of aromatic nitrogens is 5.